The van der Waals surface area contributed by atoms with Crippen LogP contribution < -0.4 is 0 Å². The number of piperidine rings is 1. The Morgan fingerprint density at radius 1 is 1.33 bits per heavy atom. The number of carbonyl (C=O) groups is 2. The van der Waals surface area contributed by atoms with Gasteiger partial charge in [0.1, 0.15) is 5.78 Å². The molecular formula is C13H14ClNO2S. The number of rotatable bonds is 3. The molecule has 0 N–H and O–H groups in total. The lowest BCUT2D eigenvalue weighted by atomic mass is 10.1. The van der Waals surface area contributed by atoms with Crippen LogP contribution in [0.15, 0.2) is 29.2 Å². The maximum absolute atomic E-state index is 11.9. The van der Waals surface area contributed by atoms with E-state index < -0.39 is 0 Å². The number of hydrogen-bond donors (Lipinski definition) is 0. The van der Waals surface area contributed by atoms with Crippen LogP contribution in [0.2, 0.25) is 5.02 Å². The highest BCUT2D eigenvalue weighted by Gasteiger charge is 2.20. The third-order valence-electron chi connectivity index (χ3n) is 2.83. The van der Waals surface area contributed by atoms with Crippen molar-refractivity contribution in [3.63, 3.8) is 0 Å². The van der Waals surface area contributed by atoms with Crippen molar-refractivity contribution in [1.29, 1.82) is 0 Å². The van der Waals surface area contributed by atoms with Crippen molar-refractivity contribution in [2.24, 2.45) is 0 Å². The van der Waals surface area contributed by atoms with Crippen molar-refractivity contribution < 1.29 is 9.59 Å². The van der Waals surface area contributed by atoms with E-state index >= 15 is 0 Å². The second-order valence-electron chi connectivity index (χ2n) is 4.17. The molecule has 1 aliphatic heterocycles. The topological polar surface area (TPSA) is 37.4 Å². The van der Waals surface area contributed by atoms with Gasteiger partial charge in [-0.1, -0.05) is 17.7 Å². The average molecular weight is 284 g/mol. The number of likely N-dealkylation sites (tertiary alicyclic amines) is 1. The summed E-state index contributed by atoms with van der Waals surface area (Å²) in [5.74, 6) is 0.739. The highest BCUT2D eigenvalue weighted by atomic mass is 35.5. The molecule has 1 aromatic rings. The number of ketones is 1. The quantitative estimate of drug-likeness (QED) is 0.800. The Morgan fingerprint density at radius 2 is 2.06 bits per heavy atom. The normalized spacial score (nSPS) is 15.8. The van der Waals surface area contributed by atoms with Crippen LogP contribution in [0.4, 0.5) is 0 Å². The molecule has 96 valence electrons. The zero-order valence-electron chi connectivity index (χ0n) is 9.89. The molecule has 3 nitrogen and oxygen atoms in total. The Hall–Kier alpha value is -1.00. The van der Waals surface area contributed by atoms with Gasteiger partial charge in [-0.2, -0.15) is 0 Å². The molecule has 0 aliphatic carbocycles. The molecule has 0 bridgehead atoms. The van der Waals surface area contributed by atoms with E-state index in [1.165, 1.54) is 11.8 Å². The zero-order chi connectivity index (χ0) is 13.0. The Bertz CT molecular complexity index is 454. The van der Waals surface area contributed by atoms with Gasteiger partial charge >= 0.3 is 0 Å². The third kappa shape index (κ3) is 3.75. The molecule has 1 heterocycles. The van der Waals surface area contributed by atoms with Crippen molar-refractivity contribution >= 4 is 35.1 Å². The van der Waals surface area contributed by atoms with E-state index in [1.807, 2.05) is 24.3 Å². The highest BCUT2D eigenvalue weighted by Crippen LogP contribution is 2.22. The maximum Gasteiger partial charge on any atom is 0.232 e. The predicted molar refractivity (Wildman–Crippen MR) is 73.0 cm³/mol. The Morgan fingerprint density at radius 3 is 2.72 bits per heavy atom. The summed E-state index contributed by atoms with van der Waals surface area (Å²) in [5, 5.41) is 0.677. The van der Waals surface area contributed by atoms with Gasteiger partial charge in [-0.05, 0) is 18.2 Å². The first-order valence-electron chi connectivity index (χ1n) is 5.83. The summed E-state index contributed by atoms with van der Waals surface area (Å²) in [7, 11) is 0. The molecule has 0 aromatic heterocycles. The molecule has 0 unspecified atom stereocenters. The van der Waals surface area contributed by atoms with E-state index in [9.17, 15) is 9.59 Å². The van der Waals surface area contributed by atoms with Crippen LogP contribution in [0.5, 0.6) is 0 Å². The SMILES string of the molecule is O=C1CCN(C(=O)CSc2cccc(Cl)c2)CC1. The summed E-state index contributed by atoms with van der Waals surface area (Å²) in [6.07, 6.45) is 0.987. The van der Waals surface area contributed by atoms with E-state index in [2.05, 4.69) is 0 Å². The summed E-state index contributed by atoms with van der Waals surface area (Å²) in [4.78, 5) is 25.8. The van der Waals surface area contributed by atoms with Crippen molar-refractivity contribution in [2.45, 2.75) is 17.7 Å². The number of hydrogen-bond acceptors (Lipinski definition) is 3. The second-order valence-corrected chi connectivity index (χ2v) is 5.65. The molecule has 0 saturated carbocycles. The van der Waals surface area contributed by atoms with Gasteiger partial charge in [-0.3, -0.25) is 9.59 Å². The van der Waals surface area contributed by atoms with Gasteiger partial charge in [0.05, 0.1) is 5.75 Å². The van der Waals surface area contributed by atoms with Crippen molar-refractivity contribution in [3.05, 3.63) is 29.3 Å². The first-order valence-corrected chi connectivity index (χ1v) is 7.19. The zero-order valence-corrected chi connectivity index (χ0v) is 11.5. The smallest absolute Gasteiger partial charge is 0.232 e. The van der Waals surface area contributed by atoms with E-state index in [1.54, 1.807) is 4.90 Å². The Balaban J connectivity index is 1.83. The minimum Gasteiger partial charge on any atom is -0.341 e. The lowest BCUT2D eigenvalue weighted by molar-refractivity contribution is -0.132. The van der Waals surface area contributed by atoms with E-state index in [0.29, 0.717) is 36.7 Å². The molecule has 18 heavy (non-hydrogen) atoms. The fraction of sp³-hybridized carbons (Fsp3) is 0.385. The number of carbonyl (C=O) groups excluding carboxylic acids is 2. The summed E-state index contributed by atoms with van der Waals surface area (Å²) in [5.41, 5.74) is 0. The minimum atomic E-state index is 0.0903. The van der Waals surface area contributed by atoms with Crippen molar-refractivity contribution in [2.75, 3.05) is 18.8 Å². The van der Waals surface area contributed by atoms with Crippen LogP contribution in [0, 0.1) is 0 Å². The fourth-order valence-corrected chi connectivity index (χ4v) is 2.91. The molecule has 0 radical (unpaired) electrons. The van der Waals surface area contributed by atoms with Crippen LogP contribution in [0.3, 0.4) is 0 Å². The summed E-state index contributed by atoms with van der Waals surface area (Å²) < 4.78 is 0. The van der Waals surface area contributed by atoms with Gasteiger partial charge in [-0.15, -0.1) is 11.8 Å². The molecule has 1 amide bonds. The van der Waals surface area contributed by atoms with E-state index in [-0.39, 0.29) is 11.7 Å². The van der Waals surface area contributed by atoms with Crippen LogP contribution in [-0.4, -0.2) is 35.4 Å². The molecule has 1 saturated heterocycles. The number of benzene rings is 1. The van der Waals surface area contributed by atoms with Crippen LogP contribution in [0.25, 0.3) is 0 Å². The molecule has 5 heteroatoms. The van der Waals surface area contributed by atoms with Crippen molar-refractivity contribution in [1.82, 2.24) is 4.90 Å². The molecule has 1 aromatic carbocycles. The molecular weight excluding hydrogens is 270 g/mol. The Kier molecular flexibility index (Phi) is 4.66. The monoisotopic (exact) mass is 283 g/mol. The van der Waals surface area contributed by atoms with Gasteiger partial charge < -0.3 is 4.90 Å². The first kappa shape index (κ1) is 13.4. The number of amides is 1. The number of thioether (sulfide) groups is 1. The fourth-order valence-electron chi connectivity index (χ4n) is 1.80. The number of nitrogens with zero attached hydrogens (tertiary/aromatic N) is 1. The maximum atomic E-state index is 11.9. The van der Waals surface area contributed by atoms with E-state index in [4.69, 9.17) is 11.6 Å². The first-order chi connectivity index (χ1) is 8.65. The highest BCUT2D eigenvalue weighted by molar-refractivity contribution is 8.00. The van der Waals surface area contributed by atoms with Gasteiger partial charge in [-0.25, -0.2) is 0 Å². The molecule has 1 aliphatic rings. The van der Waals surface area contributed by atoms with Gasteiger partial charge in [0.25, 0.3) is 0 Å². The molecule has 1 fully saturated rings. The predicted octanol–water partition coefficient (Wildman–Crippen LogP) is 2.62. The largest absolute Gasteiger partial charge is 0.341 e. The second kappa shape index (κ2) is 6.25. The molecule has 2 rings (SSSR count). The van der Waals surface area contributed by atoms with Gasteiger partial charge in [0.15, 0.2) is 0 Å². The summed E-state index contributed by atoms with van der Waals surface area (Å²) >= 11 is 7.36. The van der Waals surface area contributed by atoms with Crippen molar-refractivity contribution in [3.8, 4) is 0 Å². The van der Waals surface area contributed by atoms with E-state index in [0.717, 1.165) is 4.90 Å². The Labute approximate surface area is 115 Å². The molecule has 0 atom stereocenters. The van der Waals surface area contributed by atoms with Crippen LogP contribution in [0.1, 0.15) is 12.8 Å². The van der Waals surface area contributed by atoms with Crippen LogP contribution in [-0.2, 0) is 9.59 Å². The number of halogens is 1. The lowest BCUT2D eigenvalue weighted by Gasteiger charge is -2.25. The van der Waals surface area contributed by atoms with Crippen LogP contribution >= 0.6 is 23.4 Å². The van der Waals surface area contributed by atoms with Gasteiger partial charge in [0.2, 0.25) is 5.91 Å². The lowest BCUT2D eigenvalue weighted by Crippen LogP contribution is -2.39. The standard InChI is InChI=1S/C13H14ClNO2S/c14-10-2-1-3-12(8-10)18-9-13(17)15-6-4-11(16)5-7-15/h1-3,8H,4-7,9H2. The third-order valence-corrected chi connectivity index (χ3v) is 4.05. The number of Topliss-reactive ketones (excluding diaryl/α,β-unsaturated/α-hetero) is 1. The summed E-state index contributed by atoms with van der Waals surface area (Å²) in [6.45, 7) is 1.13. The average Bonchev–Trinajstić information content (AvgIpc) is 2.37. The minimum absolute atomic E-state index is 0.0903. The summed E-state index contributed by atoms with van der Waals surface area (Å²) in [6, 6.07) is 7.46. The molecule has 0 spiro atoms. The van der Waals surface area contributed by atoms with Gasteiger partial charge in [0, 0.05) is 35.8 Å².